The molecule has 1 aromatic carbocycles. The first-order chi connectivity index (χ1) is 7.72. The summed E-state index contributed by atoms with van der Waals surface area (Å²) < 4.78 is 1.55. The van der Waals surface area contributed by atoms with Gasteiger partial charge in [-0.25, -0.2) is 0 Å². The Hall–Kier alpha value is -0.748. The molecule has 0 unspecified atom stereocenters. The molecule has 0 saturated heterocycles. The van der Waals surface area contributed by atoms with Gasteiger partial charge < -0.3 is 10.3 Å². The van der Waals surface area contributed by atoms with Crippen molar-refractivity contribution in [2.24, 2.45) is 0 Å². The van der Waals surface area contributed by atoms with E-state index in [9.17, 15) is 0 Å². The summed E-state index contributed by atoms with van der Waals surface area (Å²) >= 11 is -0.712. The number of hydrogen-bond acceptors (Lipinski definition) is 1. The Morgan fingerprint density at radius 2 is 2.12 bits per heavy atom. The fourth-order valence-corrected chi connectivity index (χ4v) is 3.39. The number of likely N-dealkylation sites (N-methyl/N-ethyl adjacent to an activating group) is 1. The van der Waals surface area contributed by atoms with Gasteiger partial charge in [-0.15, -0.1) is 11.6 Å². The zero-order valence-corrected chi connectivity index (χ0v) is 11.5. The van der Waals surface area contributed by atoms with Crippen LogP contribution in [-0.2, 0) is 6.42 Å². The van der Waals surface area contributed by atoms with Crippen LogP contribution in [0.15, 0.2) is 24.4 Å². The standard InChI is InChI=1S/C11H13N2.2CH3.Al/c1-12-6-4-9-2-3-10-5-7-13-11(10)8-9;;;/h2-3,7-8,12-13H,4,6H2,1H3;2*1H3;. The highest BCUT2D eigenvalue weighted by Crippen LogP contribution is 2.14. The van der Waals surface area contributed by atoms with Crippen molar-refractivity contribution in [3.05, 3.63) is 30.0 Å². The van der Waals surface area contributed by atoms with Gasteiger partial charge in [0.25, 0.3) is 0 Å². The van der Waals surface area contributed by atoms with Gasteiger partial charge in [0.1, 0.15) is 0 Å². The lowest BCUT2D eigenvalue weighted by Gasteiger charge is -2.02. The first-order valence-electron chi connectivity index (χ1n) is 5.97. The van der Waals surface area contributed by atoms with Crippen LogP contribution in [0.5, 0.6) is 0 Å². The highest BCUT2D eigenvalue weighted by Gasteiger charge is 2.11. The first kappa shape index (κ1) is 11.7. The largest absolute Gasteiger partial charge is 0.362 e. The molecule has 2 aromatic rings. The molecule has 0 bridgehead atoms. The molecule has 0 saturated carbocycles. The Morgan fingerprint density at radius 1 is 1.31 bits per heavy atom. The van der Waals surface area contributed by atoms with Crippen molar-refractivity contribution in [1.29, 1.82) is 0 Å². The molecule has 3 heteroatoms. The Bertz CT molecular complexity index is 474. The molecule has 1 heterocycles. The minimum atomic E-state index is -0.712. The highest BCUT2D eigenvalue weighted by atomic mass is 27.2. The van der Waals surface area contributed by atoms with Crippen molar-refractivity contribution in [1.82, 2.24) is 10.3 Å². The Kier molecular flexibility index (Phi) is 3.71. The monoisotopic (exact) mass is 230 g/mol. The summed E-state index contributed by atoms with van der Waals surface area (Å²) in [5.41, 5.74) is 2.70. The van der Waals surface area contributed by atoms with Crippen LogP contribution in [0.25, 0.3) is 10.9 Å². The van der Waals surface area contributed by atoms with E-state index in [0.29, 0.717) is 0 Å². The van der Waals surface area contributed by atoms with Gasteiger partial charge in [-0.05, 0) is 43.2 Å². The molecule has 2 nitrogen and oxygen atoms in total. The zero-order valence-electron chi connectivity index (χ0n) is 10.3. The van der Waals surface area contributed by atoms with Gasteiger partial charge in [-0.2, -0.15) is 0 Å². The van der Waals surface area contributed by atoms with E-state index in [4.69, 9.17) is 0 Å². The molecule has 1 aromatic heterocycles. The van der Waals surface area contributed by atoms with E-state index in [1.807, 2.05) is 7.05 Å². The third-order valence-electron chi connectivity index (χ3n) is 3.06. The molecule has 2 rings (SSSR count). The Labute approximate surface area is 101 Å². The fraction of sp³-hybridized carbons (Fsp3) is 0.385. The second-order valence-corrected chi connectivity index (χ2v) is 7.56. The van der Waals surface area contributed by atoms with Gasteiger partial charge in [-0.1, -0.05) is 16.6 Å². The summed E-state index contributed by atoms with van der Waals surface area (Å²) in [6.45, 7) is 1.04. The minimum absolute atomic E-state index is 0.712. The fourth-order valence-electron chi connectivity index (χ4n) is 2.10. The van der Waals surface area contributed by atoms with Crippen LogP contribution in [0.1, 0.15) is 5.56 Å². The van der Waals surface area contributed by atoms with E-state index in [-0.39, 0.29) is 0 Å². The van der Waals surface area contributed by atoms with Gasteiger partial charge in [0.05, 0.1) is 0 Å². The average Bonchev–Trinajstić information content (AvgIpc) is 2.69. The van der Waals surface area contributed by atoms with E-state index < -0.39 is 14.1 Å². The molecule has 0 amide bonds. The van der Waals surface area contributed by atoms with E-state index in [2.05, 4.69) is 46.3 Å². The van der Waals surface area contributed by atoms with Gasteiger partial charge >= 0.3 is 14.1 Å². The normalized spacial score (nSPS) is 10.9. The highest BCUT2D eigenvalue weighted by molar-refractivity contribution is 6.73. The maximum absolute atomic E-state index is 3.40. The van der Waals surface area contributed by atoms with Crippen molar-refractivity contribution in [2.75, 3.05) is 13.6 Å². The van der Waals surface area contributed by atoms with Crippen molar-refractivity contribution in [3.63, 3.8) is 0 Å². The first-order valence-corrected chi connectivity index (χ1v) is 8.85. The predicted molar refractivity (Wildman–Crippen MR) is 73.0 cm³/mol. The number of benzene rings is 1. The molecule has 0 spiro atoms. The van der Waals surface area contributed by atoms with Gasteiger partial charge in [0.2, 0.25) is 0 Å². The molecule has 0 radical (unpaired) electrons. The maximum Gasteiger partial charge on any atom is 0.302 e. The second kappa shape index (κ2) is 5.06. The van der Waals surface area contributed by atoms with Gasteiger partial charge in [0, 0.05) is 5.52 Å². The van der Waals surface area contributed by atoms with E-state index in [0.717, 1.165) is 13.0 Å². The Morgan fingerprint density at radius 3 is 2.81 bits per heavy atom. The number of aromatic amines is 1. The lowest BCUT2D eigenvalue weighted by molar-refractivity contribution is 0.792. The molecule has 16 heavy (non-hydrogen) atoms. The topological polar surface area (TPSA) is 27.8 Å². The van der Waals surface area contributed by atoms with Gasteiger partial charge in [-0.3, -0.25) is 0 Å². The third-order valence-corrected chi connectivity index (χ3v) is 4.79. The maximum atomic E-state index is 3.40. The van der Waals surface area contributed by atoms with Crippen LogP contribution >= 0.6 is 0 Å². The quantitative estimate of drug-likeness (QED) is 0.771. The number of fused-ring (bicyclic) bond motifs is 1. The summed E-state index contributed by atoms with van der Waals surface area (Å²) in [4.78, 5) is 3.40. The van der Waals surface area contributed by atoms with Crippen molar-refractivity contribution in [2.45, 2.75) is 18.0 Å². The number of rotatable bonds is 4. The van der Waals surface area contributed by atoms with Crippen molar-refractivity contribution < 1.29 is 0 Å². The molecule has 0 aliphatic carbocycles. The van der Waals surface area contributed by atoms with E-state index in [1.165, 1.54) is 16.5 Å². The summed E-state index contributed by atoms with van der Waals surface area (Å²) in [5, 5.41) is 4.61. The molecule has 0 atom stereocenters. The SMILES string of the molecule is CNCCc1ccc2[c]([Al]([CH3])[CH3])c[nH]c2c1. The molecule has 0 aliphatic rings. The number of nitrogens with one attached hydrogen (secondary N) is 2. The molecular weight excluding hydrogens is 211 g/mol. The second-order valence-electron chi connectivity index (χ2n) is 4.63. The molecule has 84 valence electrons. The van der Waals surface area contributed by atoms with Gasteiger partial charge in [0.15, 0.2) is 0 Å². The summed E-state index contributed by atoms with van der Waals surface area (Å²) in [5.74, 6) is 4.75. The lowest BCUT2D eigenvalue weighted by Crippen LogP contribution is -2.21. The third kappa shape index (κ3) is 2.32. The van der Waals surface area contributed by atoms with E-state index in [1.54, 1.807) is 4.43 Å². The molecule has 2 N–H and O–H groups in total. The average molecular weight is 230 g/mol. The number of aromatic nitrogens is 1. The predicted octanol–water partition coefficient (Wildman–Crippen LogP) is 1.89. The van der Waals surface area contributed by atoms with Crippen LogP contribution in [-0.4, -0.2) is 32.7 Å². The van der Waals surface area contributed by atoms with Crippen molar-refractivity contribution in [3.8, 4) is 0 Å². The zero-order chi connectivity index (χ0) is 11.5. The van der Waals surface area contributed by atoms with E-state index >= 15 is 0 Å². The van der Waals surface area contributed by atoms with Crippen LogP contribution in [0, 0.1) is 0 Å². The van der Waals surface area contributed by atoms with Crippen LogP contribution in [0.4, 0.5) is 0 Å². The van der Waals surface area contributed by atoms with Crippen molar-refractivity contribution >= 4 is 29.5 Å². The summed E-state index contributed by atoms with van der Waals surface area (Å²) in [7, 11) is 2.00. The minimum Gasteiger partial charge on any atom is -0.362 e. The Balaban J connectivity index is 2.33. The molecule has 0 aliphatic heterocycles. The van der Waals surface area contributed by atoms with Crippen LogP contribution < -0.4 is 9.74 Å². The van der Waals surface area contributed by atoms with Crippen LogP contribution in [0.3, 0.4) is 0 Å². The summed E-state index contributed by atoms with van der Waals surface area (Å²) in [6.07, 6.45) is 3.29. The molecular formula is C13H19AlN2. The smallest absolute Gasteiger partial charge is 0.302 e. The summed E-state index contributed by atoms with van der Waals surface area (Å²) in [6, 6.07) is 6.82. The van der Waals surface area contributed by atoms with Crippen LogP contribution in [0.2, 0.25) is 11.6 Å². The lowest BCUT2D eigenvalue weighted by atomic mass is 10.1. The number of hydrogen-bond donors (Lipinski definition) is 2. The molecule has 0 fully saturated rings. The number of H-pyrrole nitrogens is 1.